The largest absolute Gasteiger partial charge is 0.355 e. The number of fused-ring (bicyclic) bond motifs is 1. The maximum atomic E-state index is 11.8. The van der Waals surface area contributed by atoms with Crippen molar-refractivity contribution in [2.45, 2.75) is 30.4 Å². The first-order valence-corrected chi connectivity index (χ1v) is 8.12. The van der Waals surface area contributed by atoms with Gasteiger partial charge >= 0.3 is 0 Å². The van der Waals surface area contributed by atoms with Crippen LogP contribution in [-0.2, 0) is 11.2 Å². The maximum Gasteiger partial charge on any atom is 0.234 e. The number of carbonyl (C=O) groups excluding carboxylic acids is 1. The molecule has 110 valence electrons. The van der Waals surface area contributed by atoms with Gasteiger partial charge in [-0.15, -0.1) is 11.8 Å². The number of hydrogen-bond acceptors (Lipinski definition) is 3. The fraction of sp³-hybridized carbons (Fsp3) is 0.562. The van der Waals surface area contributed by atoms with E-state index in [1.54, 1.807) is 0 Å². The summed E-state index contributed by atoms with van der Waals surface area (Å²) >= 11 is 1.94. The van der Waals surface area contributed by atoms with Crippen LogP contribution in [0.3, 0.4) is 0 Å². The van der Waals surface area contributed by atoms with Crippen molar-refractivity contribution in [3.05, 3.63) is 29.8 Å². The quantitative estimate of drug-likeness (QED) is 0.874. The fourth-order valence-electron chi connectivity index (χ4n) is 2.39. The van der Waals surface area contributed by atoms with E-state index in [9.17, 15) is 4.79 Å². The molecule has 1 heterocycles. The second-order valence-electron chi connectivity index (χ2n) is 5.95. The zero-order valence-corrected chi connectivity index (χ0v) is 13.4. The van der Waals surface area contributed by atoms with Crippen molar-refractivity contribution in [3.8, 4) is 0 Å². The lowest BCUT2D eigenvalue weighted by atomic mass is 10.1. The van der Waals surface area contributed by atoms with Gasteiger partial charge in [0.2, 0.25) is 5.91 Å². The second kappa shape index (κ2) is 7.14. The minimum atomic E-state index is 0.127. The van der Waals surface area contributed by atoms with Crippen LogP contribution in [0, 0.1) is 5.92 Å². The number of nitrogens with one attached hydrogen (secondary N) is 1. The molecular weight excluding hydrogens is 268 g/mol. The summed E-state index contributed by atoms with van der Waals surface area (Å²) in [6, 6.07) is 8.59. The number of thioether (sulfide) groups is 1. The second-order valence-corrected chi connectivity index (χ2v) is 7.29. The molecule has 20 heavy (non-hydrogen) atoms. The molecule has 1 N–H and O–H groups in total. The molecule has 0 saturated carbocycles. The summed E-state index contributed by atoms with van der Waals surface area (Å²) in [4.78, 5) is 15.3. The Balaban J connectivity index is 1.73. The van der Waals surface area contributed by atoms with Crippen molar-refractivity contribution in [1.82, 2.24) is 10.2 Å². The van der Waals surface area contributed by atoms with Crippen molar-refractivity contribution in [3.63, 3.8) is 0 Å². The molecule has 1 unspecified atom stereocenters. The molecule has 0 aliphatic carbocycles. The predicted molar refractivity (Wildman–Crippen MR) is 85.1 cm³/mol. The Labute approximate surface area is 126 Å². The fourth-order valence-corrected chi connectivity index (χ4v) is 3.80. The molecule has 1 amide bonds. The van der Waals surface area contributed by atoms with E-state index in [-0.39, 0.29) is 5.91 Å². The van der Waals surface area contributed by atoms with Crippen molar-refractivity contribution in [1.29, 1.82) is 0 Å². The summed E-state index contributed by atoms with van der Waals surface area (Å²) in [5.41, 5.74) is 1.44. The molecule has 0 saturated heterocycles. The van der Waals surface area contributed by atoms with Gasteiger partial charge in [-0.2, -0.15) is 0 Å². The highest BCUT2D eigenvalue weighted by molar-refractivity contribution is 8.00. The van der Waals surface area contributed by atoms with Crippen LogP contribution in [0.1, 0.15) is 19.4 Å². The Morgan fingerprint density at radius 1 is 1.45 bits per heavy atom. The van der Waals surface area contributed by atoms with E-state index in [2.05, 4.69) is 48.3 Å². The summed E-state index contributed by atoms with van der Waals surface area (Å²) in [7, 11) is 2.03. The molecule has 1 aromatic rings. The molecule has 1 aliphatic heterocycles. The van der Waals surface area contributed by atoms with Crippen LogP contribution in [0.4, 0.5) is 0 Å². The van der Waals surface area contributed by atoms with Crippen LogP contribution in [0.25, 0.3) is 0 Å². The summed E-state index contributed by atoms with van der Waals surface area (Å²) in [5.74, 6) is 0.630. The average Bonchev–Trinajstić information content (AvgIpc) is 2.78. The van der Waals surface area contributed by atoms with E-state index >= 15 is 0 Å². The van der Waals surface area contributed by atoms with Crippen LogP contribution in [0.5, 0.6) is 0 Å². The lowest BCUT2D eigenvalue weighted by molar-refractivity contribution is -0.122. The smallest absolute Gasteiger partial charge is 0.234 e. The normalized spacial score (nSPS) is 17.6. The topological polar surface area (TPSA) is 32.3 Å². The van der Waals surface area contributed by atoms with Gasteiger partial charge in [0, 0.05) is 23.2 Å². The van der Waals surface area contributed by atoms with Crippen molar-refractivity contribution in [2.75, 3.05) is 26.7 Å². The van der Waals surface area contributed by atoms with Crippen LogP contribution < -0.4 is 5.32 Å². The zero-order chi connectivity index (χ0) is 14.5. The van der Waals surface area contributed by atoms with Gasteiger partial charge in [0.1, 0.15) is 0 Å². The van der Waals surface area contributed by atoms with Gasteiger partial charge < -0.3 is 5.32 Å². The van der Waals surface area contributed by atoms with Gasteiger partial charge in [0.15, 0.2) is 0 Å². The van der Waals surface area contributed by atoms with E-state index in [0.29, 0.717) is 17.7 Å². The molecule has 0 spiro atoms. The Morgan fingerprint density at radius 2 is 2.20 bits per heavy atom. The van der Waals surface area contributed by atoms with Crippen LogP contribution in [0.15, 0.2) is 29.2 Å². The van der Waals surface area contributed by atoms with Crippen molar-refractivity contribution in [2.24, 2.45) is 5.92 Å². The number of carbonyl (C=O) groups is 1. The minimum Gasteiger partial charge on any atom is -0.355 e. The molecular formula is C16H24N2OS. The summed E-state index contributed by atoms with van der Waals surface area (Å²) in [6.45, 7) is 6.41. The third-order valence-corrected chi connectivity index (χ3v) is 4.65. The molecule has 3 nitrogen and oxygen atoms in total. The van der Waals surface area contributed by atoms with Gasteiger partial charge in [0.05, 0.1) is 6.54 Å². The number of rotatable bonds is 6. The van der Waals surface area contributed by atoms with Gasteiger partial charge in [-0.05, 0) is 31.0 Å². The zero-order valence-electron chi connectivity index (χ0n) is 12.6. The molecule has 4 heteroatoms. The Bertz CT molecular complexity index is 437. The maximum absolute atomic E-state index is 11.8. The molecule has 0 fully saturated rings. The minimum absolute atomic E-state index is 0.127. The van der Waals surface area contributed by atoms with Gasteiger partial charge in [-0.3, -0.25) is 9.69 Å². The SMILES string of the molecule is CC(C)CNC(=O)CN(C)CC1Cc2ccccc2S1. The standard InChI is InChI=1S/C16H24N2OS/c1-12(2)9-17-16(19)11-18(3)10-14-8-13-6-4-5-7-15(13)20-14/h4-7,12,14H,8-11H2,1-3H3,(H,17,19). The average molecular weight is 292 g/mol. The van der Waals surface area contributed by atoms with Crippen molar-refractivity contribution < 1.29 is 4.79 Å². The van der Waals surface area contributed by atoms with Gasteiger partial charge in [-0.25, -0.2) is 0 Å². The number of amides is 1. The first-order chi connectivity index (χ1) is 9.54. The van der Waals surface area contributed by atoms with Gasteiger partial charge in [-0.1, -0.05) is 32.0 Å². The van der Waals surface area contributed by atoms with E-state index < -0.39 is 0 Å². The highest BCUT2D eigenvalue weighted by Gasteiger charge is 2.23. The van der Waals surface area contributed by atoms with E-state index in [1.807, 2.05) is 18.8 Å². The van der Waals surface area contributed by atoms with Crippen LogP contribution in [0.2, 0.25) is 0 Å². The van der Waals surface area contributed by atoms with Crippen LogP contribution >= 0.6 is 11.8 Å². The molecule has 2 rings (SSSR count). The molecule has 0 aromatic heterocycles. The van der Waals surface area contributed by atoms with Crippen molar-refractivity contribution >= 4 is 17.7 Å². The summed E-state index contributed by atoms with van der Waals surface area (Å²) in [5, 5.41) is 3.53. The third-order valence-electron chi connectivity index (χ3n) is 3.35. The summed E-state index contributed by atoms with van der Waals surface area (Å²) in [6.07, 6.45) is 1.11. The Hall–Kier alpha value is -1.00. The molecule has 0 bridgehead atoms. The van der Waals surface area contributed by atoms with Gasteiger partial charge in [0.25, 0.3) is 0 Å². The highest BCUT2D eigenvalue weighted by atomic mass is 32.2. The number of likely N-dealkylation sites (N-methyl/N-ethyl adjacent to an activating group) is 1. The number of hydrogen-bond donors (Lipinski definition) is 1. The van der Waals surface area contributed by atoms with Crippen LogP contribution in [-0.4, -0.2) is 42.7 Å². The Kier molecular flexibility index (Phi) is 5.49. The molecule has 1 aliphatic rings. The molecule has 1 aromatic carbocycles. The summed E-state index contributed by atoms with van der Waals surface area (Å²) < 4.78 is 0. The first kappa shape index (κ1) is 15.4. The molecule has 1 atom stereocenters. The van der Waals surface area contributed by atoms with E-state index in [0.717, 1.165) is 19.5 Å². The highest BCUT2D eigenvalue weighted by Crippen LogP contribution is 2.36. The Morgan fingerprint density at radius 3 is 2.90 bits per heavy atom. The number of nitrogens with zero attached hydrogens (tertiary/aromatic N) is 1. The monoisotopic (exact) mass is 292 g/mol. The number of benzene rings is 1. The lowest BCUT2D eigenvalue weighted by Crippen LogP contribution is -2.39. The molecule has 0 radical (unpaired) electrons. The first-order valence-electron chi connectivity index (χ1n) is 7.24. The van der Waals surface area contributed by atoms with E-state index in [4.69, 9.17) is 0 Å². The third kappa shape index (κ3) is 4.53. The van der Waals surface area contributed by atoms with E-state index in [1.165, 1.54) is 10.5 Å². The predicted octanol–water partition coefficient (Wildman–Crippen LogP) is 2.41. The lowest BCUT2D eigenvalue weighted by Gasteiger charge is -2.20.